The lowest BCUT2D eigenvalue weighted by Gasteiger charge is -2.08. The molecule has 0 radical (unpaired) electrons. The van der Waals surface area contributed by atoms with Gasteiger partial charge in [0.1, 0.15) is 17.4 Å². The van der Waals surface area contributed by atoms with Crippen LogP contribution in [0.25, 0.3) is 11.3 Å². The summed E-state index contributed by atoms with van der Waals surface area (Å²) in [4.78, 5) is 16.9. The number of aryl methyl sites for hydroxylation is 1. The number of ether oxygens (including phenoxy) is 1. The number of halogens is 1. The molecule has 1 atom stereocenters. The number of nitrogens with zero attached hydrogens (tertiary/aromatic N) is 2. The first kappa shape index (κ1) is 18.1. The van der Waals surface area contributed by atoms with E-state index in [2.05, 4.69) is 4.98 Å². The van der Waals surface area contributed by atoms with E-state index in [1.165, 1.54) is 11.3 Å². The number of thiazole rings is 1. The lowest BCUT2D eigenvalue weighted by atomic mass is 10.1. The summed E-state index contributed by atoms with van der Waals surface area (Å²) in [5, 5.41) is 12.3. The number of nitriles is 1. The summed E-state index contributed by atoms with van der Waals surface area (Å²) in [7, 11) is 0. The zero-order valence-electron chi connectivity index (χ0n) is 14.0. The first-order chi connectivity index (χ1) is 12.6. The normalized spacial score (nSPS) is 11.6. The van der Waals surface area contributed by atoms with Gasteiger partial charge in [-0.1, -0.05) is 41.4 Å². The van der Waals surface area contributed by atoms with E-state index in [0.717, 1.165) is 16.8 Å². The predicted molar refractivity (Wildman–Crippen MR) is 103 cm³/mol. The number of ketones is 1. The van der Waals surface area contributed by atoms with Crippen LogP contribution in [0.2, 0.25) is 5.02 Å². The molecule has 0 saturated carbocycles. The maximum atomic E-state index is 12.4. The van der Waals surface area contributed by atoms with E-state index in [9.17, 15) is 10.1 Å². The number of hydrogen-bond acceptors (Lipinski definition) is 5. The number of carbonyl (C=O) groups excluding carboxylic acids is 1. The monoisotopic (exact) mass is 382 g/mol. The van der Waals surface area contributed by atoms with Gasteiger partial charge in [0.2, 0.25) is 0 Å². The van der Waals surface area contributed by atoms with E-state index >= 15 is 0 Å². The standard InChI is InChI=1S/C20H15ClN2O2S/c1-13-2-4-14(5-3-13)18-12-26-20(23-18)17(10-22)19(24)11-25-16-8-6-15(21)7-9-16/h2-9,12,17H,11H2,1H3. The Labute approximate surface area is 160 Å². The highest BCUT2D eigenvalue weighted by molar-refractivity contribution is 7.10. The summed E-state index contributed by atoms with van der Waals surface area (Å²) in [5.41, 5.74) is 2.88. The molecule has 1 aromatic heterocycles. The molecular weight excluding hydrogens is 368 g/mol. The molecule has 0 aliphatic carbocycles. The number of Topliss-reactive ketones (excluding diaryl/α,β-unsaturated/α-hetero) is 1. The molecule has 4 nitrogen and oxygen atoms in total. The molecule has 0 bridgehead atoms. The van der Waals surface area contributed by atoms with Gasteiger partial charge in [0.25, 0.3) is 0 Å². The zero-order chi connectivity index (χ0) is 18.5. The fourth-order valence-electron chi connectivity index (χ4n) is 2.31. The van der Waals surface area contributed by atoms with Gasteiger partial charge in [-0.3, -0.25) is 4.79 Å². The Balaban J connectivity index is 1.70. The summed E-state index contributed by atoms with van der Waals surface area (Å²) in [6.07, 6.45) is 0. The maximum Gasteiger partial charge on any atom is 0.194 e. The molecule has 0 fully saturated rings. The van der Waals surface area contributed by atoms with Gasteiger partial charge in [0.05, 0.1) is 11.8 Å². The van der Waals surface area contributed by atoms with Crippen LogP contribution in [0.1, 0.15) is 16.5 Å². The van der Waals surface area contributed by atoms with Crippen molar-refractivity contribution in [1.29, 1.82) is 5.26 Å². The van der Waals surface area contributed by atoms with E-state index in [4.69, 9.17) is 16.3 Å². The van der Waals surface area contributed by atoms with Gasteiger partial charge in [-0.05, 0) is 31.2 Å². The Morgan fingerprint density at radius 1 is 1.23 bits per heavy atom. The van der Waals surface area contributed by atoms with Crippen LogP contribution in [-0.4, -0.2) is 17.4 Å². The fourth-order valence-corrected chi connectivity index (χ4v) is 3.33. The van der Waals surface area contributed by atoms with Crippen LogP contribution in [0, 0.1) is 18.3 Å². The van der Waals surface area contributed by atoms with Gasteiger partial charge in [0.15, 0.2) is 11.7 Å². The third-order valence-electron chi connectivity index (χ3n) is 3.76. The van der Waals surface area contributed by atoms with Crippen LogP contribution >= 0.6 is 22.9 Å². The smallest absolute Gasteiger partial charge is 0.194 e. The molecule has 130 valence electrons. The molecule has 0 saturated heterocycles. The van der Waals surface area contributed by atoms with E-state index in [1.54, 1.807) is 24.3 Å². The molecule has 2 aromatic carbocycles. The Morgan fingerprint density at radius 2 is 1.92 bits per heavy atom. The van der Waals surface area contributed by atoms with Crippen LogP contribution in [-0.2, 0) is 4.79 Å². The van der Waals surface area contributed by atoms with Crippen LogP contribution in [0.4, 0.5) is 0 Å². The van der Waals surface area contributed by atoms with E-state index < -0.39 is 5.92 Å². The highest BCUT2D eigenvalue weighted by Crippen LogP contribution is 2.27. The maximum absolute atomic E-state index is 12.4. The fraction of sp³-hybridized carbons (Fsp3) is 0.150. The topological polar surface area (TPSA) is 63.0 Å². The number of rotatable bonds is 6. The summed E-state index contributed by atoms with van der Waals surface area (Å²) in [5.74, 6) is -0.738. The summed E-state index contributed by atoms with van der Waals surface area (Å²) in [6, 6.07) is 16.7. The zero-order valence-corrected chi connectivity index (χ0v) is 15.6. The van der Waals surface area contributed by atoms with Crippen molar-refractivity contribution >= 4 is 28.7 Å². The Morgan fingerprint density at radius 3 is 2.58 bits per heavy atom. The van der Waals surface area contributed by atoms with Crippen LogP contribution in [0.15, 0.2) is 53.9 Å². The SMILES string of the molecule is Cc1ccc(-c2csc(C(C#N)C(=O)COc3ccc(Cl)cc3)n2)cc1. The minimum atomic E-state index is -0.938. The Kier molecular flexibility index (Phi) is 5.67. The highest BCUT2D eigenvalue weighted by atomic mass is 35.5. The van der Waals surface area contributed by atoms with Crippen molar-refractivity contribution in [3.63, 3.8) is 0 Å². The Hall–Kier alpha value is -2.68. The molecule has 26 heavy (non-hydrogen) atoms. The van der Waals surface area contributed by atoms with Crippen LogP contribution in [0.3, 0.4) is 0 Å². The number of hydrogen-bond donors (Lipinski definition) is 0. The number of carbonyl (C=O) groups is 1. The first-order valence-corrected chi connectivity index (χ1v) is 9.16. The minimum Gasteiger partial charge on any atom is -0.486 e. The number of benzene rings is 2. The van der Waals surface area contributed by atoms with Crippen molar-refractivity contribution in [1.82, 2.24) is 4.98 Å². The van der Waals surface area contributed by atoms with Crippen LogP contribution < -0.4 is 4.74 Å². The second-order valence-electron chi connectivity index (χ2n) is 5.71. The average molecular weight is 383 g/mol. The molecule has 3 aromatic rings. The second kappa shape index (κ2) is 8.13. The van der Waals surface area contributed by atoms with E-state index in [1.807, 2.05) is 42.6 Å². The van der Waals surface area contributed by atoms with Crippen molar-refractivity contribution < 1.29 is 9.53 Å². The van der Waals surface area contributed by atoms with Gasteiger partial charge in [0, 0.05) is 16.0 Å². The minimum absolute atomic E-state index is 0.195. The molecule has 3 rings (SSSR count). The molecule has 0 amide bonds. The lowest BCUT2D eigenvalue weighted by Crippen LogP contribution is -2.19. The first-order valence-electron chi connectivity index (χ1n) is 7.90. The van der Waals surface area contributed by atoms with Gasteiger partial charge in [-0.2, -0.15) is 5.26 Å². The largest absolute Gasteiger partial charge is 0.486 e. The lowest BCUT2D eigenvalue weighted by molar-refractivity contribution is -0.121. The molecular formula is C20H15ClN2O2S. The van der Waals surface area contributed by atoms with Crippen molar-refractivity contribution in [2.24, 2.45) is 0 Å². The molecule has 0 spiro atoms. The summed E-state index contributed by atoms with van der Waals surface area (Å²) in [6.45, 7) is 1.82. The Bertz CT molecular complexity index is 943. The molecule has 0 aliphatic heterocycles. The van der Waals surface area contributed by atoms with Crippen molar-refractivity contribution in [3.8, 4) is 23.1 Å². The molecule has 1 unspecified atom stereocenters. The average Bonchev–Trinajstić information content (AvgIpc) is 3.12. The number of aromatic nitrogens is 1. The van der Waals surface area contributed by atoms with Crippen molar-refractivity contribution in [2.45, 2.75) is 12.8 Å². The highest BCUT2D eigenvalue weighted by Gasteiger charge is 2.24. The third-order valence-corrected chi connectivity index (χ3v) is 4.92. The quantitative estimate of drug-likeness (QED) is 0.600. The van der Waals surface area contributed by atoms with Crippen molar-refractivity contribution in [2.75, 3.05) is 6.61 Å². The summed E-state index contributed by atoms with van der Waals surface area (Å²) >= 11 is 7.12. The van der Waals surface area contributed by atoms with Crippen LogP contribution in [0.5, 0.6) is 5.75 Å². The molecule has 0 aliphatic rings. The second-order valence-corrected chi connectivity index (χ2v) is 7.03. The van der Waals surface area contributed by atoms with Gasteiger partial charge in [-0.15, -0.1) is 11.3 Å². The van der Waals surface area contributed by atoms with E-state index in [0.29, 0.717) is 15.8 Å². The molecule has 6 heteroatoms. The van der Waals surface area contributed by atoms with Crippen molar-refractivity contribution in [3.05, 3.63) is 69.5 Å². The van der Waals surface area contributed by atoms with Gasteiger partial charge in [-0.25, -0.2) is 4.98 Å². The molecule has 1 heterocycles. The molecule has 0 N–H and O–H groups in total. The summed E-state index contributed by atoms with van der Waals surface area (Å²) < 4.78 is 5.45. The van der Waals surface area contributed by atoms with E-state index in [-0.39, 0.29) is 12.4 Å². The van der Waals surface area contributed by atoms with Gasteiger partial charge >= 0.3 is 0 Å². The van der Waals surface area contributed by atoms with Gasteiger partial charge < -0.3 is 4.74 Å². The predicted octanol–water partition coefficient (Wildman–Crippen LogP) is 5.03. The third kappa shape index (κ3) is 4.29.